The van der Waals surface area contributed by atoms with Crippen LogP contribution in [0.2, 0.25) is 0 Å². The van der Waals surface area contributed by atoms with E-state index >= 15 is 0 Å². The first kappa shape index (κ1) is 22.4. The molecule has 0 N–H and O–H groups in total. The summed E-state index contributed by atoms with van der Waals surface area (Å²) in [5.74, 6) is 4.65. The maximum Gasteiger partial charge on any atom is 0.119 e. The van der Waals surface area contributed by atoms with Crippen LogP contribution < -0.4 is 4.74 Å². The summed E-state index contributed by atoms with van der Waals surface area (Å²) in [6.45, 7) is 2.56. The van der Waals surface area contributed by atoms with E-state index < -0.39 is 0 Å². The number of ether oxygens (including phenoxy) is 1. The molecule has 2 saturated carbocycles. The molecule has 1 nitrogen and oxygen atoms in total. The number of alkyl halides is 1. The van der Waals surface area contributed by atoms with Crippen LogP contribution in [0.4, 0.5) is 4.39 Å². The molecule has 0 spiro atoms. The average Bonchev–Trinajstić information content (AvgIpc) is 2.78. The second-order valence-corrected chi connectivity index (χ2v) is 9.27. The van der Waals surface area contributed by atoms with E-state index in [1.807, 2.05) is 13.0 Å². The molecule has 2 heteroatoms. The van der Waals surface area contributed by atoms with E-state index in [0.717, 1.165) is 42.4 Å². The molecular formula is C27H41FO. The van der Waals surface area contributed by atoms with Gasteiger partial charge in [0.2, 0.25) is 0 Å². The highest BCUT2D eigenvalue weighted by atomic mass is 19.1. The van der Waals surface area contributed by atoms with Crippen molar-refractivity contribution >= 4 is 0 Å². The number of benzene rings is 1. The van der Waals surface area contributed by atoms with E-state index in [1.165, 1.54) is 69.8 Å². The van der Waals surface area contributed by atoms with Crippen LogP contribution in [0.1, 0.15) is 95.5 Å². The maximum absolute atomic E-state index is 12.1. The van der Waals surface area contributed by atoms with Gasteiger partial charge < -0.3 is 4.74 Å². The molecule has 1 aromatic rings. The van der Waals surface area contributed by atoms with Crippen molar-refractivity contribution in [1.82, 2.24) is 0 Å². The SMILES string of the molecule is CCOc1ccc([C@H]2CC[C@H]([C@H]3CC[C@H](CCCC=CCCF)CC3)CC2)cc1. The Labute approximate surface area is 178 Å². The summed E-state index contributed by atoms with van der Waals surface area (Å²) >= 11 is 0. The molecule has 162 valence electrons. The third kappa shape index (κ3) is 7.15. The third-order valence-electron chi connectivity index (χ3n) is 7.42. The summed E-state index contributed by atoms with van der Waals surface area (Å²) in [4.78, 5) is 0. The van der Waals surface area contributed by atoms with Gasteiger partial charge in [-0.2, -0.15) is 0 Å². The van der Waals surface area contributed by atoms with Crippen LogP contribution >= 0.6 is 0 Å². The Morgan fingerprint density at radius 2 is 1.48 bits per heavy atom. The Hall–Kier alpha value is -1.31. The van der Waals surface area contributed by atoms with Crippen LogP contribution in [-0.2, 0) is 0 Å². The minimum absolute atomic E-state index is 0.220. The van der Waals surface area contributed by atoms with E-state index in [9.17, 15) is 4.39 Å². The van der Waals surface area contributed by atoms with Crippen molar-refractivity contribution in [3.63, 3.8) is 0 Å². The molecule has 2 aliphatic carbocycles. The number of rotatable bonds is 10. The van der Waals surface area contributed by atoms with Gasteiger partial charge in [-0.15, -0.1) is 0 Å². The molecule has 0 unspecified atom stereocenters. The fourth-order valence-electron chi connectivity index (χ4n) is 5.70. The highest BCUT2D eigenvalue weighted by Gasteiger charge is 2.31. The van der Waals surface area contributed by atoms with E-state index in [1.54, 1.807) is 0 Å². The van der Waals surface area contributed by atoms with Crippen molar-refractivity contribution in [1.29, 1.82) is 0 Å². The van der Waals surface area contributed by atoms with Crippen molar-refractivity contribution in [2.24, 2.45) is 17.8 Å². The van der Waals surface area contributed by atoms with Gasteiger partial charge >= 0.3 is 0 Å². The fourth-order valence-corrected chi connectivity index (χ4v) is 5.70. The molecule has 0 bridgehead atoms. The van der Waals surface area contributed by atoms with Gasteiger partial charge in [0.15, 0.2) is 0 Å². The van der Waals surface area contributed by atoms with Crippen LogP contribution in [-0.4, -0.2) is 13.3 Å². The Kier molecular flexibility index (Phi) is 9.57. The molecule has 0 atom stereocenters. The van der Waals surface area contributed by atoms with Gasteiger partial charge in [0.1, 0.15) is 5.75 Å². The van der Waals surface area contributed by atoms with Gasteiger partial charge in [0, 0.05) is 0 Å². The summed E-state index contributed by atoms with van der Waals surface area (Å²) in [5, 5.41) is 0. The van der Waals surface area contributed by atoms with Gasteiger partial charge in [-0.3, -0.25) is 4.39 Å². The Balaban J connectivity index is 1.33. The second-order valence-electron chi connectivity index (χ2n) is 9.27. The smallest absolute Gasteiger partial charge is 0.119 e. The lowest BCUT2D eigenvalue weighted by molar-refractivity contribution is 0.156. The zero-order valence-corrected chi connectivity index (χ0v) is 18.5. The van der Waals surface area contributed by atoms with Gasteiger partial charge in [-0.25, -0.2) is 0 Å². The zero-order valence-electron chi connectivity index (χ0n) is 18.5. The summed E-state index contributed by atoms with van der Waals surface area (Å²) in [6, 6.07) is 8.86. The van der Waals surface area contributed by atoms with E-state index in [4.69, 9.17) is 4.74 Å². The van der Waals surface area contributed by atoms with Crippen molar-refractivity contribution in [2.75, 3.05) is 13.3 Å². The Morgan fingerprint density at radius 1 is 0.862 bits per heavy atom. The number of halogens is 1. The highest BCUT2D eigenvalue weighted by molar-refractivity contribution is 5.29. The molecule has 0 radical (unpaired) electrons. The van der Waals surface area contributed by atoms with Crippen LogP contribution in [0.25, 0.3) is 0 Å². The van der Waals surface area contributed by atoms with E-state index in [0.29, 0.717) is 6.42 Å². The van der Waals surface area contributed by atoms with Gasteiger partial charge in [0.05, 0.1) is 13.3 Å². The lowest BCUT2D eigenvalue weighted by Crippen LogP contribution is -2.25. The largest absolute Gasteiger partial charge is 0.494 e. The predicted octanol–water partition coefficient (Wildman–Crippen LogP) is 8.25. The number of unbranched alkanes of at least 4 members (excludes halogenated alkanes) is 1. The van der Waals surface area contributed by atoms with Crippen LogP contribution in [0.5, 0.6) is 5.75 Å². The first-order valence-electron chi connectivity index (χ1n) is 12.2. The molecule has 29 heavy (non-hydrogen) atoms. The summed E-state index contributed by atoms with van der Waals surface area (Å²) in [7, 11) is 0. The molecule has 3 rings (SSSR count). The maximum atomic E-state index is 12.1. The Bertz CT molecular complexity index is 577. The molecule has 0 aromatic heterocycles. The van der Waals surface area contributed by atoms with Crippen molar-refractivity contribution < 1.29 is 9.13 Å². The standard InChI is InChI=1S/C27H41FO/c1-2-29-27-19-17-26(18-20-27)25-15-13-24(14-16-25)23-11-9-22(10-12-23)8-6-4-3-5-7-21-28/h3,5,17-20,22-25H,2,4,6-16,21H2,1H3/t22-,23-,24-,25-. The van der Waals surface area contributed by atoms with Crippen LogP contribution in [0, 0.1) is 17.8 Å². The minimum Gasteiger partial charge on any atom is -0.494 e. The topological polar surface area (TPSA) is 9.23 Å². The molecule has 0 saturated heterocycles. The Morgan fingerprint density at radius 3 is 2.10 bits per heavy atom. The number of hydrogen-bond acceptors (Lipinski definition) is 1. The number of allylic oxidation sites excluding steroid dienone is 2. The predicted molar refractivity (Wildman–Crippen MR) is 121 cm³/mol. The first-order chi connectivity index (χ1) is 14.3. The molecule has 2 aliphatic rings. The fraction of sp³-hybridized carbons (Fsp3) is 0.704. The molecule has 2 fully saturated rings. The zero-order chi connectivity index (χ0) is 20.3. The monoisotopic (exact) mass is 400 g/mol. The summed E-state index contributed by atoms with van der Waals surface area (Å²) < 4.78 is 17.7. The van der Waals surface area contributed by atoms with Crippen LogP contribution in [0.3, 0.4) is 0 Å². The molecule has 0 heterocycles. The summed E-state index contributed by atoms with van der Waals surface area (Å²) in [5.41, 5.74) is 1.51. The van der Waals surface area contributed by atoms with Crippen molar-refractivity contribution in [3.05, 3.63) is 42.0 Å². The second kappa shape index (κ2) is 12.4. The van der Waals surface area contributed by atoms with Crippen molar-refractivity contribution in [2.45, 2.75) is 89.9 Å². The lowest BCUT2D eigenvalue weighted by atomic mass is 9.68. The quantitative estimate of drug-likeness (QED) is 0.284. The summed E-state index contributed by atoms with van der Waals surface area (Å²) in [6.07, 6.45) is 19.9. The third-order valence-corrected chi connectivity index (χ3v) is 7.42. The van der Waals surface area contributed by atoms with E-state index in [2.05, 4.69) is 30.3 Å². The molecule has 1 aromatic carbocycles. The molecular weight excluding hydrogens is 359 g/mol. The van der Waals surface area contributed by atoms with E-state index in [-0.39, 0.29) is 6.67 Å². The van der Waals surface area contributed by atoms with Crippen molar-refractivity contribution in [3.8, 4) is 5.75 Å². The minimum atomic E-state index is -0.220. The highest BCUT2D eigenvalue weighted by Crippen LogP contribution is 2.44. The normalized spacial score (nSPS) is 27.9. The molecule has 0 aliphatic heterocycles. The lowest BCUT2D eigenvalue weighted by Gasteiger charge is -2.38. The number of hydrogen-bond donors (Lipinski definition) is 0. The average molecular weight is 401 g/mol. The van der Waals surface area contributed by atoms with Gasteiger partial charge in [-0.05, 0) is 106 Å². The molecule has 0 amide bonds. The van der Waals surface area contributed by atoms with Crippen LogP contribution in [0.15, 0.2) is 36.4 Å². The van der Waals surface area contributed by atoms with Gasteiger partial charge in [0.25, 0.3) is 0 Å². The first-order valence-corrected chi connectivity index (χ1v) is 12.2. The van der Waals surface area contributed by atoms with Gasteiger partial charge in [-0.1, -0.05) is 43.5 Å².